The van der Waals surface area contributed by atoms with Crippen LogP contribution in [0.15, 0.2) is 46.9 Å². The number of nitrogens with one attached hydrogen (secondary N) is 1. The van der Waals surface area contributed by atoms with E-state index in [-0.39, 0.29) is 17.2 Å². The molecule has 3 aromatic rings. The van der Waals surface area contributed by atoms with Crippen molar-refractivity contribution in [2.24, 2.45) is 5.92 Å². The summed E-state index contributed by atoms with van der Waals surface area (Å²) in [5.74, 6) is 0.702. The average molecular weight is 440 g/mol. The lowest BCUT2D eigenvalue weighted by Crippen LogP contribution is -2.24. The molecule has 30 heavy (non-hydrogen) atoms. The molecule has 4 rings (SSSR count). The highest BCUT2D eigenvalue weighted by Gasteiger charge is 2.24. The van der Waals surface area contributed by atoms with E-state index in [0.717, 1.165) is 40.7 Å². The highest BCUT2D eigenvalue weighted by Crippen LogP contribution is 2.36. The number of aromatic nitrogens is 2. The van der Waals surface area contributed by atoms with Crippen LogP contribution in [0, 0.1) is 12.8 Å². The number of nitrogens with zero attached hydrogens (tertiary/aromatic N) is 2. The first-order chi connectivity index (χ1) is 14.5. The van der Waals surface area contributed by atoms with E-state index >= 15 is 0 Å². The summed E-state index contributed by atoms with van der Waals surface area (Å²) >= 11 is 2.92. The second kappa shape index (κ2) is 8.78. The molecule has 0 unspecified atom stereocenters. The molecular formula is C23H25N3O2S2. The number of hydrogen-bond donors (Lipinski definition) is 1. The van der Waals surface area contributed by atoms with Crippen molar-refractivity contribution >= 4 is 44.9 Å². The van der Waals surface area contributed by atoms with Crippen LogP contribution in [-0.2, 0) is 24.2 Å². The molecule has 0 spiro atoms. The van der Waals surface area contributed by atoms with E-state index in [1.54, 1.807) is 22.0 Å². The lowest BCUT2D eigenvalue weighted by atomic mass is 9.89. The van der Waals surface area contributed by atoms with Crippen molar-refractivity contribution in [3.63, 3.8) is 0 Å². The van der Waals surface area contributed by atoms with Gasteiger partial charge in [-0.3, -0.25) is 14.2 Å². The van der Waals surface area contributed by atoms with Gasteiger partial charge in [-0.2, -0.15) is 0 Å². The molecule has 1 aliphatic rings. The molecule has 0 fully saturated rings. The van der Waals surface area contributed by atoms with Gasteiger partial charge in [-0.15, -0.1) is 17.9 Å². The molecule has 1 amide bonds. The summed E-state index contributed by atoms with van der Waals surface area (Å²) in [5, 5.41) is 4.22. The van der Waals surface area contributed by atoms with Crippen molar-refractivity contribution in [2.45, 2.75) is 44.8 Å². The van der Waals surface area contributed by atoms with Gasteiger partial charge in [0.25, 0.3) is 5.56 Å². The summed E-state index contributed by atoms with van der Waals surface area (Å²) < 4.78 is 1.64. The maximum absolute atomic E-state index is 13.3. The fraction of sp³-hybridized carbons (Fsp3) is 0.348. The molecule has 1 N–H and O–H groups in total. The number of hydrogen-bond acceptors (Lipinski definition) is 5. The number of thioether (sulfide) groups is 1. The zero-order valence-corrected chi connectivity index (χ0v) is 18.9. The number of carbonyl (C=O) groups is 1. The molecule has 156 valence electrons. The number of allylic oxidation sites excluding steroid dienone is 1. The topological polar surface area (TPSA) is 64.0 Å². The van der Waals surface area contributed by atoms with Gasteiger partial charge in [0.1, 0.15) is 4.83 Å². The van der Waals surface area contributed by atoms with Crippen LogP contribution in [0.2, 0.25) is 0 Å². The fourth-order valence-corrected chi connectivity index (χ4v) is 6.00. The first kappa shape index (κ1) is 20.9. The maximum atomic E-state index is 13.3. The first-order valence-corrected chi connectivity index (χ1v) is 11.9. The number of carbonyl (C=O) groups excluding carboxylic acids is 1. The molecule has 0 bridgehead atoms. The number of aryl methyl sites for hydroxylation is 2. The number of amides is 1. The molecule has 0 aliphatic heterocycles. The SMILES string of the molecule is C=CCn1c(SCC(=O)Nc2ccc(C)cc2)nc2sc3c(c2c1=O)CC[C@H](C)C3. The second-order valence-corrected chi connectivity index (χ2v) is 9.86. The van der Waals surface area contributed by atoms with Gasteiger partial charge in [0, 0.05) is 17.1 Å². The zero-order chi connectivity index (χ0) is 21.3. The Balaban J connectivity index is 1.60. The second-order valence-electron chi connectivity index (χ2n) is 7.83. The van der Waals surface area contributed by atoms with Crippen molar-refractivity contribution < 1.29 is 4.79 Å². The maximum Gasteiger partial charge on any atom is 0.263 e. The van der Waals surface area contributed by atoms with Gasteiger partial charge in [0.05, 0.1) is 11.1 Å². The predicted molar refractivity (Wildman–Crippen MR) is 126 cm³/mol. The number of fused-ring (bicyclic) bond motifs is 3. The van der Waals surface area contributed by atoms with E-state index in [1.807, 2.05) is 31.2 Å². The molecule has 5 nitrogen and oxygen atoms in total. The third-order valence-electron chi connectivity index (χ3n) is 5.36. The largest absolute Gasteiger partial charge is 0.325 e. The Morgan fingerprint density at radius 3 is 2.90 bits per heavy atom. The van der Waals surface area contributed by atoms with Gasteiger partial charge in [0.2, 0.25) is 5.91 Å². The standard InChI is InChI=1S/C23H25N3O2S2/c1-4-11-26-22(28)20-17-10-7-15(3)12-18(17)30-21(20)25-23(26)29-13-19(27)24-16-8-5-14(2)6-9-16/h4-6,8-9,15H,1,7,10-13H2,2-3H3,(H,24,27)/t15-/m0/s1. The Labute approximate surface area is 184 Å². The summed E-state index contributed by atoms with van der Waals surface area (Å²) in [5.41, 5.74) is 3.06. The van der Waals surface area contributed by atoms with Crippen molar-refractivity contribution in [3.8, 4) is 0 Å². The molecule has 0 saturated heterocycles. The van der Waals surface area contributed by atoms with Crippen molar-refractivity contribution in [1.29, 1.82) is 0 Å². The number of rotatable bonds is 6. The summed E-state index contributed by atoms with van der Waals surface area (Å²) in [6.45, 7) is 8.43. The number of thiophene rings is 1. The Hall–Kier alpha value is -2.38. The molecule has 1 aromatic carbocycles. The van der Waals surface area contributed by atoms with Crippen LogP contribution in [0.3, 0.4) is 0 Å². The average Bonchev–Trinajstić information content (AvgIpc) is 3.08. The number of benzene rings is 1. The molecule has 2 aromatic heterocycles. The molecule has 2 heterocycles. The minimum Gasteiger partial charge on any atom is -0.325 e. The van der Waals surface area contributed by atoms with Gasteiger partial charge < -0.3 is 5.32 Å². The third-order valence-corrected chi connectivity index (χ3v) is 7.48. The van der Waals surface area contributed by atoms with Crippen molar-refractivity contribution in [1.82, 2.24) is 9.55 Å². The Morgan fingerprint density at radius 1 is 1.40 bits per heavy atom. The smallest absolute Gasteiger partial charge is 0.263 e. The highest BCUT2D eigenvalue weighted by atomic mass is 32.2. The lowest BCUT2D eigenvalue weighted by molar-refractivity contribution is -0.113. The Kier molecular flexibility index (Phi) is 6.11. The van der Waals surface area contributed by atoms with Crippen LogP contribution in [0.5, 0.6) is 0 Å². The molecular weight excluding hydrogens is 414 g/mol. The fourth-order valence-electron chi connectivity index (χ4n) is 3.77. The summed E-state index contributed by atoms with van der Waals surface area (Å²) in [4.78, 5) is 32.6. The molecule has 0 radical (unpaired) electrons. The van der Waals surface area contributed by atoms with Crippen LogP contribution < -0.4 is 10.9 Å². The molecule has 0 saturated carbocycles. The van der Waals surface area contributed by atoms with Gasteiger partial charge >= 0.3 is 0 Å². The summed E-state index contributed by atoms with van der Waals surface area (Å²) in [7, 11) is 0. The van der Waals surface area contributed by atoms with Crippen LogP contribution in [0.25, 0.3) is 10.2 Å². The third kappa shape index (κ3) is 4.23. The van der Waals surface area contributed by atoms with Crippen molar-refractivity contribution in [2.75, 3.05) is 11.1 Å². The van der Waals surface area contributed by atoms with E-state index in [0.29, 0.717) is 17.6 Å². The normalized spacial score (nSPS) is 15.7. The number of anilines is 1. The molecule has 1 aliphatic carbocycles. The molecule has 1 atom stereocenters. The lowest BCUT2D eigenvalue weighted by Gasteiger charge is -2.17. The van der Waals surface area contributed by atoms with Gasteiger partial charge in [-0.25, -0.2) is 4.98 Å². The highest BCUT2D eigenvalue weighted by molar-refractivity contribution is 7.99. The Bertz CT molecular complexity index is 1160. The Morgan fingerprint density at radius 2 is 2.17 bits per heavy atom. The van der Waals surface area contributed by atoms with E-state index in [1.165, 1.54) is 22.2 Å². The summed E-state index contributed by atoms with van der Waals surface area (Å²) in [6.07, 6.45) is 4.76. The zero-order valence-electron chi connectivity index (χ0n) is 17.2. The van der Waals surface area contributed by atoms with E-state index < -0.39 is 0 Å². The van der Waals surface area contributed by atoms with E-state index in [2.05, 4.69) is 18.8 Å². The van der Waals surface area contributed by atoms with Gasteiger partial charge in [0.15, 0.2) is 5.16 Å². The van der Waals surface area contributed by atoms with Crippen LogP contribution in [-0.4, -0.2) is 21.2 Å². The van der Waals surface area contributed by atoms with Gasteiger partial charge in [-0.1, -0.05) is 42.5 Å². The summed E-state index contributed by atoms with van der Waals surface area (Å²) in [6, 6.07) is 7.68. The minimum atomic E-state index is -0.123. The quantitative estimate of drug-likeness (QED) is 0.340. The monoisotopic (exact) mass is 439 g/mol. The van der Waals surface area contributed by atoms with Gasteiger partial charge in [-0.05, 0) is 49.8 Å². The van der Waals surface area contributed by atoms with Crippen LogP contribution in [0.1, 0.15) is 29.3 Å². The predicted octanol–water partition coefficient (Wildman–Crippen LogP) is 4.81. The van der Waals surface area contributed by atoms with E-state index in [4.69, 9.17) is 4.98 Å². The van der Waals surface area contributed by atoms with E-state index in [9.17, 15) is 9.59 Å². The van der Waals surface area contributed by atoms with Crippen molar-refractivity contribution in [3.05, 3.63) is 63.3 Å². The minimum absolute atomic E-state index is 0.0200. The van der Waals surface area contributed by atoms with Crippen LogP contribution >= 0.6 is 23.1 Å². The van der Waals surface area contributed by atoms with Crippen LogP contribution in [0.4, 0.5) is 5.69 Å². The first-order valence-electron chi connectivity index (χ1n) is 10.1. The molecule has 7 heteroatoms.